The summed E-state index contributed by atoms with van der Waals surface area (Å²) in [6.45, 7) is 6.90. The third kappa shape index (κ3) is 7.83. The third-order valence-corrected chi connectivity index (χ3v) is 10.1. The van der Waals surface area contributed by atoms with Gasteiger partial charge in [-0.15, -0.1) is 0 Å². The highest BCUT2D eigenvalue weighted by atomic mass is 35.5. The normalized spacial score (nSPS) is 15.8. The number of nitrogens with one attached hydrogen (secondary N) is 2. The SMILES string of the molecule is CC(C)(C)C(NCl)C(=O)N1CCCC1C(=O)N(Cc1ccc(CNC(=O)OCC2c3ccccc3-c3ccccc32)cc1)c1ccc(C(N)=O)cc1. The fourth-order valence-electron chi connectivity index (χ4n) is 7.08. The summed E-state index contributed by atoms with van der Waals surface area (Å²) in [5, 5.41) is 2.85. The van der Waals surface area contributed by atoms with Crippen molar-refractivity contribution in [1.29, 1.82) is 0 Å². The Morgan fingerprint density at radius 1 is 0.885 bits per heavy atom. The molecule has 4 aromatic carbocycles. The molecule has 270 valence electrons. The van der Waals surface area contributed by atoms with E-state index >= 15 is 0 Å². The lowest BCUT2D eigenvalue weighted by Crippen LogP contribution is -2.55. The number of alkyl carbamates (subject to hydrolysis) is 1. The smallest absolute Gasteiger partial charge is 0.407 e. The average molecular weight is 722 g/mol. The molecular formula is C41H44ClN5O5. The first-order chi connectivity index (χ1) is 25.0. The highest BCUT2D eigenvalue weighted by Gasteiger charge is 2.42. The van der Waals surface area contributed by atoms with Crippen LogP contribution in [0.3, 0.4) is 0 Å². The molecule has 1 aliphatic heterocycles. The van der Waals surface area contributed by atoms with E-state index in [0.29, 0.717) is 30.6 Å². The van der Waals surface area contributed by atoms with Crippen LogP contribution >= 0.6 is 11.8 Å². The number of hydrogen-bond acceptors (Lipinski definition) is 6. The average Bonchev–Trinajstić information content (AvgIpc) is 3.76. The van der Waals surface area contributed by atoms with E-state index < -0.39 is 29.5 Å². The second-order valence-electron chi connectivity index (χ2n) is 14.4. The largest absolute Gasteiger partial charge is 0.449 e. The fraction of sp³-hybridized carbons (Fsp3) is 0.317. The highest BCUT2D eigenvalue weighted by molar-refractivity contribution is 6.15. The Bertz CT molecular complexity index is 1900. The van der Waals surface area contributed by atoms with Gasteiger partial charge < -0.3 is 25.6 Å². The summed E-state index contributed by atoms with van der Waals surface area (Å²) in [4.78, 5) is 58.4. The molecule has 4 N–H and O–H groups in total. The number of rotatable bonds is 11. The van der Waals surface area contributed by atoms with Crippen LogP contribution in [-0.2, 0) is 27.4 Å². The second kappa shape index (κ2) is 15.6. The Morgan fingerprint density at radius 2 is 1.48 bits per heavy atom. The highest BCUT2D eigenvalue weighted by Crippen LogP contribution is 2.44. The van der Waals surface area contributed by atoms with Crippen LogP contribution in [0.1, 0.15) is 72.1 Å². The molecule has 1 heterocycles. The molecule has 2 atom stereocenters. The zero-order valence-corrected chi connectivity index (χ0v) is 30.4. The summed E-state index contributed by atoms with van der Waals surface area (Å²) < 4.78 is 5.69. The maximum atomic E-state index is 14.3. The van der Waals surface area contributed by atoms with Crippen LogP contribution in [0.2, 0.25) is 0 Å². The van der Waals surface area contributed by atoms with E-state index in [1.807, 2.05) is 69.3 Å². The van der Waals surface area contributed by atoms with E-state index in [2.05, 4.69) is 34.4 Å². The molecule has 1 saturated heterocycles. The first kappa shape index (κ1) is 36.6. The van der Waals surface area contributed by atoms with Gasteiger partial charge in [-0.1, -0.05) is 93.6 Å². The third-order valence-electron chi connectivity index (χ3n) is 9.92. The Balaban J connectivity index is 1.12. The molecule has 2 aliphatic rings. The molecule has 0 radical (unpaired) electrons. The number of nitrogens with zero attached hydrogens (tertiary/aromatic N) is 2. The monoisotopic (exact) mass is 721 g/mol. The molecule has 1 aliphatic carbocycles. The van der Waals surface area contributed by atoms with Crippen LogP contribution in [0.4, 0.5) is 10.5 Å². The number of benzene rings is 4. The number of nitrogens with two attached hydrogens (primary N) is 1. The molecule has 0 saturated carbocycles. The van der Waals surface area contributed by atoms with E-state index in [9.17, 15) is 19.2 Å². The van der Waals surface area contributed by atoms with Crippen LogP contribution < -0.4 is 20.8 Å². The molecule has 2 unspecified atom stereocenters. The quantitative estimate of drug-likeness (QED) is 0.151. The lowest BCUT2D eigenvalue weighted by atomic mass is 9.86. The van der Waals surface area contributed by atoms with Gasteiger partial charge in [-0.3, -0.25) is 14.4 Å². The van der Waals surface area contributed by atoms with Crippen molar-refractivity contribution < 1.29 is 23.9 Å². The van der Waals surface area contributed by atoms with Gasteiger partial charge in [0, 0.05) is 30.3 Å². The predicted molar refractivity (Wildman–Crippen MR) is 201 cm³/mol. The molecule has 0 spiro atoms. The van der Waals surface area contributed by atoms with Gasteiger partial charge in [0.2, 0.25) is 17.7 Å². The maximum absolute atomic E-state index is 14.3. The van der Waals surface area contributed by atoms with Crippen molar-refractivity contribution in [2.45, 2.75) is 64.7 Å². The molecule has 11 heteroatoms. The van der Waals surface area contributed by atoms with Gasteiger partial charge in [0.05, 0.1) is 6.54 Å². The lowest BCUT2D eigenvalue weighted by molar-refractivity contribution is -0.140. The number of carbonyl (C=O) groups is 4. The number of fused-ring (bicyclic) bond motifs is 3. The Labute approximate surface area is 309 Å². The Morgan fingerprint density at radius 3 is 2.06 bits per heavy atom. The number of amides is 4. The summed E-state index contributed by atoms with van der Waals surface area (Å²) >= 11 is 6.03. The molecule has 4 amide bonds. The molecule has 0 aromatic heterocycles. The Kier molecular flexibility index (Phi) is 11.0. The first-order valence-corrected chi connectivity index (χ1v) is 17.9. The number of anilines is 1. The maximum Gasteiger partial charge on any atom is 0.407 e. The van der Waals surface area contributed by atoms with Gasteiger partial charge in [-0.25, -0.2) is 9.63 Å². The van der Waals surface area contributed by atoms with Gasteiger partial charge in [0.15, 0.2) is 0 Å². The molecule has 6 rings (SSSR count). The van der Waals surface area contributed by atoms with Crippen molar-refractivity contribution >= 4 is 41.3 Å². The van der Waals surface area contributed by atoms with Gasteiger partial charge in [-0.2, -0.15) is 0 Å². The minimum atomic E-state index is -0.682. The van der Waals surface area contributed by atoms with Gasteiger partial charge in [-0.05, 0) is 87.7 Å². The van der Waals surface area contributed by atoms with Crippen LogP contribution in [0.5, 0.6) is 0 Å². The van der Waals surface area contributed by atoms with Crippen LogP contribution in [0.25, 0.3) is 11.1 Å². The molecule has 10 nitrogen and oxygen atoms in total. The van der Waals surface area contributed by atoms with Crippen LogP contribution in [-0.4, -0.2) is 54.0 Å². The zero-order chi connectivity index (χ0) is 37.0. The van der Waals surface area contributed by atoms with Crippen molar-refractivity contribution in [2.75, 3.05) is 18.1 Å². The summed E-state index contributed by atoms with van der Waals surface area (Å²) in [6.07, 6.45) is 0.692. The van der Waals surface area contributed by atoms with Crippen molar-refractivity contribution in [3.63, 3.8) is 0 Å². The zero-order valence-electron chi connectivity index (χ0n) is 29.6. The van der Waals surface area contributed by atoms with Crippen LogP contribution in [0.15, 0.2) is 97.1 Å². The lowest BCUT2D eigenvalue weighted by Gasteiger charge is -2.35. The van der Waals surface area contributed by atoms with Gasteiger partial charge in [0.1, 0.15) is 18.7 Å². The predicted octanol–water partition coefficient (Wildman–Crippen LogP) is 6.51. The molecule has 0 bridgehead atoms. The first-order valence-electron chi connectivity index (χ1n) is 17.5. The second-order valence-corrected chi connectivity index (χ2v) is 14.6. The number of hydrogen-bond donors (Lipinski definition) is 3. The van der Waals surface area contributed by atoms with Gasteiger partial charge in [0.25, 0.3) is 0 Å². The van der Waals surface area contributed by atoms with Crippen molar-refractivity contribution in [3.8, 4) is 11.1 Å². The van der Waals surface area contributed by atoms with Crippen LogP contribution in [0, 0.1) is 5.41 Å². The number of primary amides is 1. The standard InChI is InChI=1S/C41H44ClN5O5/c1-41(2,3)36(45-42)39(50)46-22-8-13-35(46)38(49)47(29-20-18-28(19-21-29)37(43)48)24-27-16-14-26(15-17-27)23-44-40(51)52-25-34-32-11-6-4-9-30(32)31-10-5-7-12-33(31)34/h4-7,9-12,14-21,34-36,45H,8,13,22-25H2,1-3H3,(H2,43,48)(H,44,51). The molecule has 1 fully saturated rings. The molecular weight excluding hydrogens is 678 g/mol. The molecule has 52 heavy (non-hydrogen) atoms. The van der Waals surface area contributed by atoms with E-state index in [1.165, 1.54) is 11.1 Å². The fourth-order valence-corrected chi connectivity index (χ4v) is 7.51. The summed E-state index contributed by atoms with van der Waals surface area (Å²) in [5.74, 6) is -1.06. The van der Waals surface area contributed by atoms with Crippen molar-refractivity contribution in [3.05, 3.63) is 125 Å². The summed E-state index contributed by atoms with van der Waals surface area (Å²) in [5.41, 5.74) is 12.2. The Hall–Kier alpha value is -5.19. The van der Waals surface area contributed by atoms with Gasteiger partial charge >= 0.3 is 6.09 Å². The van der Waals surface area contributed by atoms with E-state index in [0.717, 1.165) is 22.3 Å². The number of likely N-dealkylation sites (tertiary alicyclic amines) is 1. The van der Waals surface area contributed by atoms with E-state index in [4.69, 9.17) is 22.2 Å². The summed E-state index contributed by atoms with van der Waals surface area (Å²) in [7, 11) is 0. The van der Waals surface area contributed by atoms with Crippen molar-refractivity contribution in [1.82, 2.24) is 15.1 Å². The summed E-state index contributed by atoms with van der Waals surface area (Å²) in [6, 6.07) is 29.2. The van der Waals surface area contributed by atoms with E-state index in [1.54, 1.807) is 34.1 Å². The number of halogens is 1. The van der Waals surface area contributed by atoms with E-state index in [-0.39, 0.29) is 37.4 Å². The van der Waals surface area contributed by atoms with Crippen molar-refractivity contribution in [2.24, 2.45) is 11.1 Å². The minimum absolute atomic E-state index is 0.0265. The number of carbonyl (C=O) groups excluding carboxylic acids is 4. The minimum Gasteiger partial charge on any atom is -0.449 e. The topological polar surface area (TPSA) is 134 Å². The number of ether oxygens (including phenoxy) is 1. The molecule has 4 aromatic rings.